The van der Waals surface area contributed by atoms with E-state index in [0.29, 0.717) is 13.1 Å². The minimum absolute atomic E-state index is 0.0257. The Hall–Kier alpha value is -2.28. The van der Waals surface area contributed by atoms with Crippen molar-refractivity contribution in [2.75, 3.05) is 13.7 Å². The number of aliphatic hydroxyl groups excluding tert-OH is 1. The Bertz CT molecular complexity index is 832. The minimum atomic E-state index is -0.579. The van der Waals surface area contributed by atoms with Crippen molar-refractivity contribution in [3.05, 3.63) is 29.8 Å². The molecule has 0 unspecified atom stereocenters. The first kappa shape index (κ1) is 25.3. The molecule has 0 aliphatic heterocycles. The summed E-state index contributed by atoms with van der Waals surface area (Å²) in [5, 5.41) is 20.5. The average molecular weight is 460 g/mol. The Balaban J connectivity index is 1.67. The van der Waals surface area contributed by atoms with Crippen molar-refractivity contribution in [3.63, 3.8) is 0 Å². The smallest absolute Gasteiger partial charge is 0.315 e. The summed E-state index contributed by atoms with van der Waals surface area (Å²) in [4.78, 5) is 25.2. The first-order chi connectivity index (χ1) is 15.7. The maximum atomic E-state index is 13.0. The highest BCUT2D eigenvalue weighted by Gasteiger charge is 2.53. The zero-order valence-electron chi connectivity index (χ0n) is 20.7. The number of hydrogen-bond donors (Lipinski definition) is 4. The molecule has 0 radical (unpaired) electrons. The van der Waals surface area contributed by atoms with Gasteiger partial charge in [-0.05, 0) is 61.8 Å². The lowest BCUT2D eigenvalue weighted by atomic mass is 9.52. The fourth-order valence-corrected chi connectivity index (χ4v) is 6.26. The molecule has 7 heteroatoms. The summed E-state index contributed by atoms with van der Waals surface area (Å²) < 4.78 is 5.38. The summed E-state index contributed by atoms with van der Waals surface area (Å²) in [5.74, 6) is 0.471. The van der Waals surface area contributed by atoms with E-state index in [1.807, 2.05) is 38.1 Å². The van der Waals surface area contributed by atoms with Gasteiger partial charge in [0.2, 0.25) is 5.91 Å². The van der Waals surface area contributed by atoms with Crippen LogP contribution in [0.2, 0.25) is 0 Å². The second-order valence-electron chi connectivity index (χ2n) is 10.2. The number of aliphatic hydroxyl groups is 1. The van der Waals surface area contributed by atoms with E-state index in [1.54, 1.807) is 7.11 Å². The van der Waals surface area contributed by atoms with Gasteiger partial charge in [0, 0.05) is 30.6 Å². The monoisotopic (exact) mass is 459 g/mol. The summed E-state index contributed by atoms with van der Waals surface area (Å²) in [6.45, 7) is 9.20. The van der Waals surface area contributed by atoms with E-state index in [4.69, 9.17) is 4.74 Å². The molecule has 3 rings (SSSR count). The van der Waals surface area contributed by atoms with E-state index in [2.05, 4.69) is 29.8 Å². The quantitative estimate of drug-likeness (QED) is 0.502. The van der Waals surface area contributed by atoms with Crippen molar-refractivity contribution in [2.45, 2.75) is 72.1 Å². The lowest BCUT2D eigenvalue weighted by molar-refractivity contribution is -0.142. The third-order valence-electron chi connectivity index (χ3n) is 8.24. The van der Waals surface area contributed by atoms with Gasteiger partial charge in [-0.1, -0.05) is 39.0 Å². The van der Waals surface area contributed by atoms with Crippen LogP contribution in [0.15, 0.2) is 24.3 Å². The van der Waals surface area contributed by atoms with Crippen LogP contribution in [-0.2, 0) is 11.3 Å². The number of methoxy groups -OCH3 is 1. The molecule has 7 nitrogen and oxygen atoms in total. The molecule has 0 aromatic heterocycles. The molecule has 4 N–H and O–H groups in total. The van der Waals surface area contributed by atoms with Gasteiger partial charge in [0.15, 0.2) is 0 Å². The Labute approximate surface area is 198 Å². The lowest BCUT2D eigenvalue weighted by Gasteiger charge is -2.56. The normalized spacial score (nSPS) is 32.2. The molecular weight excluding hydrogens is 418 g/mol. The van der Waals surface area contributed by atoms with E-state index < -0.39 is 6.10 Å². The van der Waals surface area contributed by atoms with Crippen molar-refractivity contribution in [2.24, 2.45) is 29.1 Å². The van der Waals surface area contributed by atoms with Crippen LogP contribution in [0.5, 0.6) is 5.75 Å². The van der Waals surface area contributed by atoms with Crippen LogP contribution in [0.3, 0.4) is 0 Å². The Kier molecular flexibility index (Phi) is 8.27. The van der Waals surface area contributed by atoms with E-state index in [1.165, 1.54) is 0 Å². The summed E-state index contributed by atoms with van der Waals surface area (Å²) in [7, 11) is 1.62. The molecule has 1 aromatic carbocycles. The molecule has 2 aliphatic rings. The molecule has 0 bridgehead atoms. The Morgan fingerprint density at radius 3 is 2.61 bits per heavy atom. The standard InChI is InChI=1S/C26H41N3O4/c1-6-27-25(32)29-20-12-14-26(4)13-11-19(23(30)22(26)17(20)3)16(2)24(31)28-15-18-9-7-8-10-21(18)33-5/h7-10,16-17,19-20,22-23,30H,6,11-15H2,1-5H3,(H,28,31)(H2,27,29,32)/t16-,17+,19-,20+,22+,23-,26+/m0/s1. The number of carbonyl (C=O) groups excluding carboxylic acids is 2. The van der Waals surface area contributed by atoms with Gasteiger partial charge >= 0.3 is 6.03 Å². The van der Waals surface area contributed by atoms with Crippen molar-refractivity contribution < 1.29 is 19.4 Å². The fraction of sp³-hybridized carbons (Fsp3) is 0.692. The third kappa shape index (κ3) is 5.45. The summed E-state index contributed by atoms with van der Waals surface area (Å²) in [6.07, 6.45) is 3.12. The van der Waals surface area contributed by atoms with Crippen molar-refractivity contribution >= 4 is 11.9 Å². The number of rotatable bonds is 7. The second-order valence-corrected chi connectivity index (χ2v) is 10.2. The molecule has 2 aliphatic carbocycles. The number of hydrogen-bond acceptors (Lipinski definition) is 4. The maximum Gasteiger partial charge on any atom is 0.315 e. The molecule has 0 saturated heterocycles. The van der Waals surface area contributed by atoms with Gasteiger partial charge in [0.25, 0.3) is 0 Å². The predicted octanol–water partition coefficient (Wildman–Crippen LogP) is 3.46. The number of urea groups is 1. The highest BCUT2D eigenvalue weighted by atomic mass is 16.5. The van der Waals surface area contributed by atoms with Crippen LogP contribution in [0.1, 0.15) is 58.9 Å². The molecule has 184 valence electrons. The van der Waals surface area contributed by atoms with Crippen molar-refractivity contribution in [1.29, 1.82) is 0 Å². The fourth-order valence-electron chi connectivity index (χ4n) is 6.26. The maximum absolute atomic E-state index is 13.0. The molecule has 7 atom stereocenters. The van der Waals surface area contributed by atoms with Gasteiger partial charge in [-0.15, -0.1) is 0 Å². The van der Waals surface area contributed by atoms with E-state index in [-0.39, 0.29) is 47.1 Å². The number of carbonyl (C=O) groups is 2. The Morgan fingerprint density at radius 2 is 1.91 bits per heavy atom. The van der Waals surface area contributed by atoms with Crippen molar-refractivity contribution in [3.8, 4) is 5.75 Å². The highest BCUT2D eigenvalue weighted by Crippen LogP contribution is 2.55. The number of amides is 3. The number of nitrogens with one attached hydrogen (secondary N) is 3. The van der Waals surface area contributed by atoms with Crippen LogP contribution in [0, 0.1) is 29.1 Å². The molecule has 2 fully saturated rings. The largest absolute Gasteiger partial charge is 0.496 e. The number of para-hydroxylation sites is 1. The van der Waals surface area contributed by atoms with Gasteiger partial charge in [-0.25, -0.2) is 4.79 Å². The topological polar surface area (TPSA) is 99.7 Å². The van der Waals surface area contributed by atoms with Gasteiger partial charge < -0.3 is 25.8 Å². The first-order valence-corrected chi connectivity index (χ1v) is 12.3. The summed E-state index contributed by atoms with van der Waals surface area (Å²) in [5.41, 5.74) is 0.958. The predicted molar refractivity (Wildman–Crippen MR) is 129 cm³/mol. The lowest BCUT2D eigenvalue weighted by Crippen LogP contribution is -2.59. The van der Waals surface area contributed by atoms with Crippen LogP contribution in [0.4, 0.5) is 4.79 Å². The van der Waals surface area contributed by atoms with Gasteiger partial charge in [-0.3, -0.25) is 4.79 Å². The summed E-state index contributed by atoms with van der Waals surface area (Å²) in [6, 6.07) is 7.53. The van der Waals surface area contributed by atoms with E-state index in [9.17, 15) is 14.7 Å². The Morgan fingerprint density at radius 1 is 1.21 bits per heavy atom. The summed E-state index contributed by atoms with van der Waals surface area (Å²) >= 11 is 0. The molecule has 0 heterocycles. The molecule has 3 amide bonds. The van der Waals surface area contributed by atoms with Crippen LogP contribution >= 0.6 is 0 Å². The molecule has 1 aromatic rings. The van der Waals surface area contributed by atoms with Crippen LogP contribution in [0.25, 0.3) is 0 Å². The zero-order valence-corrected chi connectivity index (χ0v) is 20.7. The zero-order chi connectivity index (χ0) is 24.2. The molecule has 0 spiro atoms. The van der Waals surface area contributed by atoms with E-state index >= 15 is 0 Å². The van der Waals surface area contributed by atoms with Gasteiger partial charge in [0.1, 0.15) is 5.75 Å². The van der Waals surface area contributed by atoms with Gasteiger partial charge in [-0.2, -0.15) is 0 Å². The average Bonchev–Trinajstić information content (AvgIpc) is 2.79. The van der Waals surface area contributed by atoms with E-state index in [0.717, 1.165) is 37.0 Å². The van der Waals surface area contributed by atoms with Gasteiger partial charge in [0.05, 0.1) is 13.2 Å². The third-order valence-corrected chi connectivity index (χ3v) is 8.24. The number of benzene rings is 1. The SMILES string of the molecule is CCNC(=O)N[C@@H]1CC[C@@]2(C)CC[C@@H]([C@H](C)C(=O)NCc3ccccc3OC)[C@H](O)[C@H]2[C@@H]1C. The second kappa shape index (κ2) is 10.8. The highest BCUT2D eigenvalue weighted by molar-refractivity contribution is 5.78. The molecular formula is C26H41N3O4. The van der Waals surface area contributed by atoms with Crippen LogP contribution < -0.4 is 20.7 Å². The van der Waals surface area contributed by atoms with Crippen molar-refractivity contribution in [1.82, 2.24) is 16.0 Å². The minimum Gasteiger partial charge on any atom is -0.496 e. The number of fused-ring (bicyclic) bond motifs is 1. The number of ether oxygens (including phenoxy) is 1. The van der Waals surface area contributed by atoms with Crippen LogP contribution in [-0.4, -0.2) is 42.8 Å². The first-order valence-electron chi connectivity index (χ1n) is 12.3. The molecule has 2 saturated carbocycles. The molecule has 33 heavy (non-hydrogen) atoms.